The van der Waals surface area contributed by atoms with Crippen molar-refractivity contribution in [2.75, 3.05) is 20.2 Å². The molecule has 0 unspecified atom stereocenters. The summed E-state index contributed by atoms with van der Waals surface area (Å²) >= 11 is 0. The van der Waals surface area contributed by atoms with Crippen LogP contribution in [0.4, 0.5) is 0 Å². The Labute approximate surface area is 123 Å². The highest BCUT2D eigenvalue weighted by Gasteiger charge is 2.15. The van der Waals surface area contributed by atoms with Gasteiger partial charge >= 0.3 is 0 Å². The van der Waals surface area contributed by atoms with Gasteiger partial charge in [-0.15, -0.1) is 0 Å². The zero-order valence-corrected chi connectivity index (χ0v) is 12.0. The van der Waals surface area contributed by atoms with E-state index in [1.807, 2.05) is 24.3 Å². The van der Waals surface area contributed by atoms with Gasteiger partial charge in [-0.1, -0.05) is 5.16 Å². The minimum atomic E-state index is 0.280. The van der Waals surface area contributed by atoms with Crippen molar-refractivity contribution in [2.24, 2.45) is 0 Å². The molecule has 0 atom stereocenters. The molecule has 6 nitrogen and oxygen atoms in total. The van der Waals surface area contributed by atoms with Gasteiger partial charge in [-0.25, -0.2) is 0 Å². The van der Waals surface area contributed by atoms with E-state index in [1.165, 1.54) is 0 Å². The predicted molar refractivity (Wildman–Crippen MR) is 77.0 cm³/mol. The molecule has 6 heteroatoms. The van der Waals surface area contributed by atoms with Crippen LogP contribution in [-0.4, -0.2) is 36.4 Å². The molecule has 21 heavy (non-hydrogen) atoms. The van der Waals surface area contributed by atoms with Crippen molar-refractivity contribution in [3.8, 4) is 17.1 Å². The van der Waals surface area contributed by atoms with Crippen LogP contribution in [0.2, 0.25) is 0 Å². The maximum atomic E-state index is 5.80. The summed E-state index contributed by atoms with van der Waals surface area (Å²) in [7, 11) is 1.64. The second kappa shape index (κ2) is 6.69. The number of piperidine rings is 1. The van der Waals surface area contributed by atoms with E-state index in [2.05, 4.69) is 15.5 Å². The van der Waals surface area contributed by atoms with Crippen molar-refractivity contribution in [1.29, 1.82) is 0 Å². The minimum Gasteiger partial charge on any atom is -0.497 e. The van der Waals surface area contributed by atoms with Crippen LogP contribution in [0.3, 0.4) is 0 Å². The third-order valence-corrected chi connectivity index (χ3v) is 3.54. The van der Waals surface area contributed by atoms with Gasteiger partial charge in [0.25, 0.3) is 5.89 Å². The standard InChI is InChI=1S/C15H19N3O3/c1-19-12-4-2-11(3-5-12)15-17-14(21-18-15)10-20-13-6-8-16-9-7-13/h2-5,13,16H,6-10H2,1H3. The second-order valence-electron chi connectivity index (χ2n) is 5.00. The normalized spacial score (nSPS) is 16.0. The first-order valence-electron chi connectivity index (χ1n) is 7.14. The summed E-state index contributed by atoms with van der Waals surface area (Å²) in [5, 5.41) is 7.29. The Balaban J connectivity index is 1.59. The quantitative estimate of drug-likeness (QED) is 0.908. The van der Waals surface area contributed by atoms with Crippen LogP contribution in [0.25, 0.3) is 11.4 Å². The largest absolute Gasteiger partial charge is 0.497 e. The topological polar surface area (TPSA) is 69.4 Å². The van der Waals surface area contributed by atoms with Crippen LogP contribution in [0, 0.1) is 0 Å². The van der Waals surface area contributed by atoms with E-state index in [0.29, 0.717) is 18.3 Å². The Hall–Kier alpha value is -1.92. The van der Waals surface area contributed by atoms with Gasteiger partial charge in [0.15, 0.2) is 0 Å². The molecule has 1 aliphatic heterocycles. The summed E-state index contributed by atoms with van der Waals surface area (Å²) in [5.74, 6) is 1.89. The van der Waals surface area contributed by atoms with Crippen molar-refractivity contribution < 1.29 is 14.0 Å². The number of hydrogen-bond acceptors (Lipinski definition) is 6. The van der Waals surface area contributed by atoms with Gasteiger partial charge < -0.3 is 19.3 Å². The van der Waals surface area contributed by atoms with Gasteiger partial charge in [-0.05, 0) is 50.2 Å². The maximum Gasteiger partial charge on any atom is 0.252 e. The molecule has 3 rings (SSSR count). The van der Waals surface area contributed by atoms with E-state index in [9.17, 15) is 0 Å². The van der Waals surface area contributed by atoms with Crippen molar-refractivity contribution in [3.05, 3.63) is 30.2 Å². The summed E-state index contributed by atoms with van der Waals surface area (Å²) in [4.78, 5) is 4.36. The Bertz CT molecular complexity index is 562. The summed E-state index contributed by atoms with van der Waals surface area (Å²) < 4.78 is 16.2. The molecule has 0 radical (unpaired) electrons. The number of nitrogens with one attached hydrogen (secondary N) is 1. The maximum absolute atomic E-state index is 5.80. The van der Waals surface area contributed by atoms with Gasteiger partial charge in [0.1, 0.15) is 12.4 Å². The van der Waals surface area contributed by atoms with E-state index in [0.717, 1.165) is 37.2 Å². The molecular formula is C15H19N3O3. The Morgan fingerprint density at radius 2 is 2.00 bits per heavy atom. The smallest absolute Gasteiger partial charge is 0.252 e. The van der Waals surface area contributed by atoms with Gasteiger partial charge in [0.05, 0.1) is 13.2 Å². The lowest BCUT2D eigenvalue weighted by molar-refractivity contribution is 0.00859. The van der Waals surface area contributed by atoms with Crippen molar-refractivity contribution in [1.82, 2.24) is 15.5 Å². The summed E-state index contributed by atoms with van der Waals surface area (Å²) in [6.45, 7) is 2.38. The first-order chi connectivity index (χ1) is 10.3. The fraction of sp³-hybridized carbons (Fsp3) is 0.467. The number of hydrogen-bond donors (Lipinski definition) is 1. The molecule has 1 saturated heterocycles. The molecule has 2 heterocycles. The average Bonchev–Trinajstić information content (AvgIpc) is 3.03. The van der Waals surface area contributed by atoms with Gasteiger partial charge in [0, 0.05) is 5.56 Å². The van der Waals surface area contributed by atoms with Gasteiger partial charge in [-0.2, -0.15) is 4.98 Å². The molecule has 1 aromatic carbocycles. The Morgan fingerprint density at radius 1 is 1.24 bits per heavy atom. The van der Waals surface area contributed by atoms with Crippen molar-refractivity contribution in [2.45, 2.75) is 25.6 Å². The molecule has 1 aromatic heterocycles. The number of methoxy groups -OCH3 is 1. The molecule has 0 bridgehead atoms. The van der Waals surface area contributed by atoms with Gasteiger partial charge in [0.2, 0.25) is 5.82 Å². The highest BCUT2D eigenvalue weighted by atomic mass is 16.5. The second-order valence-corrected chi connectivity index (χ2v) is 5.00. The first-order valence-corrected chi connectivity index (χ1v) is 7.14. The van der Waals surface area contributed by atoms with E-state index >= 15 is 0 Å². The molecule has 1 aliphatic rings. The lowest BCUT2D eigenvalue weighted by Crippen LogP contribution is -2.32. The molecule has 1 fully saturated rings. The number of benzene rings is 1. The van der Waals surface area contributed by atoms with Crippen LogP contribution >= 0.6 is 0 Å². The number of nitrogens with zero attached hydrogens (tertiary/aromatic N) is 2. The zero-order chi connectivity index (χ0) is 14.5. The number of rotatable bonds is 5. The highest BCUT2D eigenvalue weighted by Crippen LogP contribution is 2.20. The molecule has 2 aromatic rings. The average molecular weight is 289 g/mol. The minimum absolute atomic E-state index is 0.280. The lowest BCUT2D eigenvalue weighted by atomic mass is 10.1. The summed E-state index contributed by atoms with van der Waals surface area (Å²) in [6.07, 6.45) is 2.33. The third kappa shape index (κ3) is 3.59. The predicted octanol–water partition coefficient (Wildman–Crippen LogP) is 2.01. The summed E-state index contributed by atoms with van der Waals surface area (Å²) in [5.41, 5.74) is 0.896. The molecule has 0 amide bonds. The zero-order valence-electron chi connectivity index (χ0n) is 12.0. The van der Waals surface area contributed by atoms with Crippen LogP contribution in [0.15, 0.2) is 28.8 Å². The van der Waals surface area contributed by atoms with Crippen LogP contribution in [0.1, 0.15) is 18.7 Å². The summed E-state index contributed by atoms with van der Waals surface area (Å²) in [6, 6.07) is 7.55. The fourth-order valence-electron chi connectivity index (χ4n) is 2.32. The lowest BCUT2D eigenvalue weighted by Gasteiger charge is -2.21. The van der Waals surface area contributed by atoms with E-state index in [4.69, 9.17) is 14.0 Å². The van der Waals surface area contributed by atoms with Crippen LogP contribution < -0.4 is 10.1 Å². The van der Waals surface area contributed by atoms with Crippen LogP contribution in [0.5, 0.6) is 5.75 Å². The Morgan fingerprint density at radius 3 is 2.71 bits per heavy atom. The number of ether oxygens (including phenoxy) is 2. The molecular weight excluding hydrogens is 270 g/mol. The first kappa shape index (κ1) is 14.0. The SMILES string of the molecule is COc1ccc(-c2noc(COC3CCNCC3)n2)cc1. The molecule has 0 spiro atoms. The van der Waals surface area contributed by atoms with E-state index in [1.54, 1.807) is 7.11 Å². The monoisotopic (exact) mass is 289 g/mol. The molecule has 1 N–H and O–H groups in total. The fourth-order valence-corrected chi connectivity index (χ4v) is 2.32. The molecule has 0 saturated carbocycles. The number of aromatic nitrogens is 2. The van der Waals surface area contributed by atoms with E-state index < -0.39 is 0 Å². The molecule has 112 valence electrons. The van der Waals surface area contributed by atoms with Crippen molar-refractivity contribution >= 4 is 0 Å². The van der Waals surface area contributed by atoms with E-state index in [-0.39, 0.29) is 6.10 Å². The third-order valence-electron chi connectivity index (χ3n) is 3.54. The van der Waals surface area contributed by atoms with Crippen LogP contribution in [-0.2, 0) is 11.3 Å². The Kier molecular flexibility index (Phi) is 4.47. The highest BCUT2D eigenvalue weighted by molar-refractivity contribution is 5.55. The van der Waals surface area contributed by atoms with Crippen molar-refractivity contribution in [3.63, 3.8) is 0 Å². The van der Waals surface area contributed by atoms with Gasteiger partial charge in [-0.3, -0.25) is 0 Å². The molecule has 0 aliphatic carbocycles.